The zero-order chi connectivity index (χ0) is 16.3. The van der Waals surface area contributed by atoms with E-state index in [1.807, 2.05) is 25.1 Å². The van der Waals surface area contributed by atoms with E-state index >= 15 is 0 Å². The van der Waals surface area contributed by atoms with Crippen molar-refractivity contribution < 1.29 is 4.79 Å². The maximum absolute atomic E-state index is 11.9. The lowest BCUT2D eigenvalue weighted by Crippen LogP contribution is -2.36. The van der Waals surface area contributed by atoms with Gasteiger partial charge in [0.15, 0.2) is 0 Å². The Morgan fingerprint density at radius 2 is 1.50 bits per heavy atom. The molecule has 0 fully saturated rings. The summed E-state index contributed by atoms with van der Waals surface area (Å²) in [5, 5.41) is 0. The largest absolute Gasteiger partial charge is 0.369 e. The monoisotopic (exact) mass is 303 g/mol. The quantitative estimate of drug-likeness (QED) is 0.526. The number of hydrogen-bond donors (Lipinski definition) is 1. The first-order valence-electron chi connectivity index (χ1n) is 8.92. The van der Waals surface area contributed by atoms with Crippen molar-refractivity contribution in [3.63, 3.8) is 0 Å². The fraction of sp³-hybridized carbons (Fsp3) is 0.650. The van der Waals surface area contributed by atoms with Crippen LogP contribution in [0.3, 0.4) is 0 Å². The van der Waals surface area contributed by atoms with Crippen LogP contribution in [0.1, 0.15) is 77.2 Å². The maximum atomic E-state index is 11.9. The van der Waals surface area contributed by atoms with Gasteiger partial charge >= 0.3 is 0 Å². The van der Waals surface area contributed by atoms with Crippen LogP contribution in [0, 0.1) is 5.41 Å². The van der Waals surface area contributed by atoms with Crippen molar-refractivity contribution >= 4 is 5.91 Å². The lowest BCUT2D eigenvalue weighted by molar-refractivity contribution is -0.127. The van der Waals surface area contributed by atoms with Crippen LogP contribution in [0.4, 0.5) is 0 Å². The summed E-state index contributed by atoms with van der Waals surface area (Å²) in [6, 6.07) is 10.2. The van der Waals surface area contributed by atoms with E-state index in [0.29, 0.717) is 0 Å². The van der Waals surface area contributed by atoms with Crippen molar-refractivity contribution in [2.75, 3.05) is 0 Å². The Balaban J connectivity index is 2.30. The number of carbonyl (C=O) groups is 1. The standard InChI is InChI=1S/C20H33NO/c1-3-4-5-6-7-8-9-13-16-20(2,19(21)22)17-18-14-11-10-12-15-18/h10-12,14-15H,3-9,13,16-17H2,1-2H3,(H2,21,22). The summed E-state index contributed by atoms with van der Waals surface area (Å²) in [6.45, 7) is 4.26. The predicted octanol–water partition coefficient (Wildman–Crippen LogP) is 5.25. The summed E-state index contributed by atoms with van der Waals surface area (Å²) in [5.41, 5.74) is 6.46. The van der Waals surface area contributed by atoms with Crippen LogP contribution in [-0.2, 0) is 11.2 Å². The molecule has 22 heavy (non-hydrogen) atoms. The van der Waals surface area contributed by atoms with Crippen LogP contribution in [0.2, 0.25) is 0 Å². The molecule has 1 atom stereocenters. The Bertz CT molecular complexity index is 415. The third-order valence-corrected chi connectivity index (χ3v) is 4.61. The van der Waals surface area contributed by atoms with Gasteiger partial charge in [-0.3, -0.25) is 4.79 Å². The summed E-state index contributed by atoms with van der Waals surface area (Å²) in [4.78, 5) is 11.9. The van der Waals surface area contributed by atoms with Crippen molar-refractivity contribution in [3.8, 4) is 0 Å². The van der Waals surface area contributed by atoms with E-state index in [1.165, 1.54) is 50.5 Å². The molecule has 0 saturated heterocycles. The highest BCUT2D eigenvalue weighted by Gasteiger charge is 2.30. The van der Waals surface area contributed by atoms with Crippen molar-refractivity contribution in [2.24, 2.45) is 11.1 Å². The minimum absolute atomic E-state index is 0.167. The second-order valence-electron chi connectivity index (χ2n) is 6.81. The number of rotatable bonds is 12. The van der Waals surface area contributed by atoms with Crippen LogP contribution in [0.25, 0.3) is 0 Å². The second kappa shape index (κ2) is 10.4. The lowest BCUT2D eigenvalue weighted by Gasteiger charge is -2.26. The Kier molecular flexibility index (Phi) is 8.88. The number of unbranched alkanes of at least 4 members (excludes halogenated alkanes) is 7. The molecule has 0 aliphatic rings. The highest BCUT2D eigenvalue weighted by atomic mass is 16.1. The van der Waals surface area contributed by atoms with Gasteiger partial charge in [0.25, 0.3) is 0 Å². The average Bonchev–Trinajstić information content (AvgIpc) is 2.51. The zero-order valence-corrected chi connectivity index (χ0v) is 14.4. The van der Waals surface area contributed by atoms with Gasteiger partial charge in [0.05, 0.1) is 5.41 Å². The molecule has 1 unspecified atom stereocenters. The molecule has 2 heteroatoms. The van der Waals surface area contributed by atoms with Crippen molar-refractivity contribution in [1.82, 2.24) is 0 Å². The van der Waals surface area contributed by atoms with Gasteiger partial charge in [-0.1, -0.05) is 95.5 Å². The van der Waals surface area contributed by atoms with Crippen LogP contribution in [-0.4, -0.2) is 5.91 Å². The molecular weight excluding hydrogens is 270 g/mol. The van der Waals surface area contributed by atoms with Gasteiger partial charge in [-0.2, -0.15) is 0 Å². The third-order valence-electron chi connectivity index (χ3n) is 4.61. The smallest absolute Gasteiger partial charge is 0.223 e. The second-order valence-corrected chi connectivity index (χ2v) is 6.81. The molecular formula is C20H33NO. The van der Waals surface area contributed by atoms with Gasteiger partial charge in [-0.05, 0) is 18.4 Å². The molecule has 0 heterocycles. The molecule has 0 aromatic heterocycles. The molecule has 0 radical (unpaired) electrons. The third kappa shape index (κ3) is 7.11. The predicted molar refractivity (Wildman–Crippen MR) is 94.7 cm³/mol. The normalized spacial score (nSPS) is 13.7. The van der Waals surface area contributed by atoms with Gasteiger partial charge in [0.2, 0.25) is 5.91 Å². The summed E-state index contributed by atoms with van der Waals surface area (Å²) < 4.78 is 0. The van der Waals surface area contributed by atoms with Gasteiger partial charge < -0.3 is 5.73 Å². The Morgan fingerprint density at radius 3 is 2.05 bits per heavy atom. The van der Waals surface area contributed by atoms with E-state index in [4.69, 9.17) is 5.73 Å². The highest BCUT2D eigenvalue weighted by Crippen LogP contribution is 2.29. The molecule has 0 aliphatic heterocycles. The van der Waals surface area contributed by atoms with Gasteiger partial charge in [0, 0.05) is 0 Å². The molecule has 0 bridgehead atoms. The van der Waals surface area contributed by atoms with E-state index in [1.54, 1.807) is 0 Å². The maximum Gasteiger partial charge on any atom is 0.223 e. The fourth-order valence-corrected chi connectivity index (χ4v) is 2.99. The van der Waals surface area contributed by atoms with E-state index in [-0.39, 0.29) is 5.91 Å². The number of carbonyl (C=O) groups excluding carboxylic acids is 1. The molecule has 0 saturated carbocycles. The molecule has 0 aliphatic carbocycles. The van der Waals surface area contributed by atoms with Crippen molar-refractivity contribution in [1.29, 1.82) is 0 Å². The number of amides is 1. The molecule has 1 amide bonds. The Hall–Kier alpha value is -1.31. The minimum atomic E-state index is -0.413. The molecule has 1 aromatic carbocycles. The topological polar surface area (TPSA) is 43.1 Å². The van der Waals surface area contributed by atoms with Crippen molar-refractivity contribution in [3.05, 3.63) is 35.9 Å². The molecule has 1 rings (SSSR count). The molecule has 2 nitrogen and oxygen atoms in total. The number of benzene rings is 1. The van der Waals surface area contributed by atoms with E-state index in [2.05, 4.69) is 19.1 Å². The van der Waals surface area contributed by atoms with E-state index in [9.17, 15) is 4.79 Å². The van der Waals surface area contributed by atoms with Crippen LogP contribution in [0.15, 0.2) is 30.3 Å². The Labute approximate surface area is 136 Å². The zero-order valence-electron chi connectivity index (χ0n) is 14.4. The van der Waals surface area contributed by atoms with Crippen molar-refractivity contribution in [2.45, 2.75) is 78.1 Å². The number of primary amides is 1. The highest BCUT2D eigenvalue weighted by molar-refractivity contribution is 5.80. The fourth-order valence-electron chi connectivity index (χ4n) is 2.99. The van der Waals surface area contributed by atoms with E-state index in [0.717, 1.165) is 19.3 Å². The summed E-state index contributed by atoms with van der Waals surface area (Å²) in [6.07, 6.45) is 11.9. The van der Waals surface area contributed by atoms with Crippen LogP contribution >= 0.6 is 0 Å². The number of hydrogen-bond acceptors (Lipinski definition) is 1. The first-order valence-corrected chi connectivity index (χ1v) is 8.92. The van der Waals surface area contributed by atoms with Gasteiger partial charge in [-0.15, -0.1) is 0 Å². The molecule has 2 N–H and O–H groups in total. The molecule has 1 aromatic rings. The summed E-state index contributed by atoms with van der Waals surface area (Å²) >= 11 is 0. The van der Waals surface area contributed by atoms with Gasteiger partial charge in [-0.25, -0.2) is 0 Å². The Morgan fingerprint density at radius 1 is 0.955 bits per heavy atom. The lowest BCUT2D eigenvalue weighted by atomic mass is 9.78. The summed E-state index contributed by atoms with van der Waals surface area (Å²) in [5.74, 6) is -0.167. The van der Waals surface area contributed by atoms with Gasteiger partial charge in [0.1, 0.15) is 0 Å². The average molecular weight is 303 g/mol. The first kappa shape index (κ1) is 18.7. The first-order chi connectivity index (χ1) is 10.6. The van der Waals surface area contributed by atoms with Crippen LogP contribution in [0.5, 0.6) is 0 Å². The number of nitrogens with two attached hydrogens (primary N) is 1. The van der Waals surface area contributed by atoms with Crippen LogP contribution < -0.4 is 5.73 Å². The minimum Gasteiger partial charge on any atom is -0.369 e. The van der Waals surface area contributed by atoms with E-state index < -0.39 is 5.41 Å². The molecule has 0 spiro atoms. The molecule has 124 valence electrons. The summed E-state index contributed by atoms with van der Waals surface area (Å²) in [7, 11) is 0. The SMILES string of the molecule is CCCCCCCCCCC(C)(Cc1ccccc1)C(N)=O.